The van der Waals surface area contributed by atoms with Gasteiger partial charge in [0.25, 0.3) is 0 Å². The smallest absolute Gasteiger partial charge is 0.0390 e. The summed E-state index contributed by atoms with van der Waals surface area (Å²) >= 11 is 0. The number of benzene rings is 8. The molecule has 0 spiro atoms. The summed E-state index contributed by atoms with van der Waals surface area (Å²) in [6.45, 7) is 4.70. The fourth-order valence-electron chi connectivity index (χ4n) is 7.83. The largest absolute Gasteiger partial charge is 0.356 e. The SMILES string of the molecule is CC1(C)c2ccccc2-c2ccc(-c3cccc4c(-c5cccc(Nc6ccc(-c7cccc8ccccc78)cc6)c5)cccc34)cc21. The molecule has 0 radical (unpaired) electrons. The molecule has 48 heavy (non-hydrogen) atoms. The van der Waals surface area contributed by atoms with Gasteiger partial charge in [-0.2, -0.15) is 0 Å². The lowest BCUT2D eigenvalue weighted by atomic mass is 9.81. The Balaban J connectivity index is 1.04. The van der Waals surface area contributed by atoms with Gasteiger partial charge in [0.05, 0.1) is 0 Å². The molecule has 0 heterocycles. The van der Waals surface area contributed by atoms with Crippen molar-refractivity contribution in [3.8, 4) is 44.5 Å². The molecule has 1 aliphatic carbocycles. The lowest BCUT2D eigenvalue weighted by Gasteiger charge is -2.22. The van der Waals surface area contributed by atoms with Gasteiger partial charge in [-0.3, -0.25) is 0 Å². The molecule has 8 aromatic carbocycles. The van der Waals surface area contributed by atoms with E-state index < -0.39 is 0 Å². The van der Waals surface area contributed by atoms with Crippen molar-refractivity contribution in [2.24, 2.45) is 0 Å². The summed E-state index contributed by atoms with van der Waals surface area (Å²) in [5.74, 6) is 0. The maximum absolute atomic E-state index is 3.65. The van der Waals surface area contributed by atoms with Gasteiger partial charge in [0.1, 0.15) is 0 Å². The van der Waals surface area contributed by atoms with E-state index >= 15 is 0 Å². The molecule has 9 rings (SSSR count). The normalized spacial score (nSPS) is 13.0. The number of anilines is 2. The molecule has 0 unspecified atom stereocenters. The van der Waals surface area contributed by atoms with Crippen molar-refractivity contribution in [1.82, 2.24) is 0 Å². The third-order valence-corrected chi connectivity index (χ3v) is 10.3. The molecular weight excluding hydrogens is 579 g/mol. The number of rotatable bonds is 5. The zero-order valence-corrected chi connectivity index (χ0v) is 27.2. The molecule has 0 atom stereocenters. The summed E-state index contributed by atoms with van der Waals surface area (Å²) in [5.41, 5.74) is 15.1. The highest BCUT2D eigenvalue weighted by molar-refractivity contribution is 6.05. The number of hydrogen-bond donors (Lipinski definition) is 1. The Kier molecular flexibility index (Phi) is 6.55. The lowest BCUT2D eigenvalue weighted by Crippen LogP contribution is -2.14. The molecule has 0 aromatic heterocycles. The van der Waals surface area contributed by atoms with E-state index in [4.69, 9.17) is 0 Å². The van der Waals surface area contributed by atoms with Gasteiger partial charge < -0.3 is 5.32 Å². The molecule has 0 bridgehead atoms. The molecule has 1 aliphatic rings. The summed E-state index contributed by atoms with van der Waals surface area (Å²) in [6, 6.07) is 61.9. The van der Waals surface area contributed by atoms with Crippen LogP contribution in [0, 0.1) is 0 Å². The predicted molar refractivity (Wildman–Crippen MR) is 205 cm³/mol. The molecule has 1 N–H and O–H groups in total. The van der Waals surface area contributed by atoms with Gasteiger partial charge in [0.15, 0.2) is 0 Å². The highest BCUT2D eigenvalue weighted by Gasteiger charge is 2.35. The second kappa shape index (κ2) is 11.1. The molecule has 228 valence electrons. The van der Waals surface area contributed by atoms with Gasteiger partial charge in [0.2, 0.25) is 0 Å². The number of fused-ring (bicyclic) bond motifs is 5. The third kappa shape index (κ3) is 4.62. The van der Waals surface area contributed by atoms with Crippen LogP contribution in [0.5, 0.6) is 0 Å². The van der Waals surface area contributed by atoms with E-state index in [1.165, 1.54) is 77.2 Å². The average Bonchev–Trinajstić information content (AvgIpc) is 3.37. The monoisotopic (exact) mass is 613 g/mol. The van der Waals surface area contributed by atoms with Crippen LogP contribution >= 0.6 is 0 Å². The molecule has 1 heteroatoms. The van der Waals surface area contributed by atoms with E-state index in [2.05, 4.69) is 189 Å². The molecule has 0 amide bonds. The first-order valence-corrected chi connectivity index (χ1v) is 16.8. The Morgan fingerprint density at radius 1 is 0.354 bits per heavy atom. The van der Waals surface area contributed by atoms with Crippen molar-refractivity contribution >= 4 is 32.9 Å². The zero-order chi connectivity index (χ0) is 32.2. The number of hydrogen-bond acceptors (Lipinski definition) is 1. The van der Waals surface area contributed by atoms with Crippen LogP contribution in [0.1, 0.15) is 25.0 Å². The van der Waals surface area contributed by atoms with Crippen LogP contribution in [-0.4, -0.2) is 0 Å². The lowest BCUT2D eigenvalue weighted by molar-refractivity contribution is 0.660. The molecule has 0 saturated heterocycles. The van der Waals surface area contributed by atoms with E-state index in [-0.39, 0.29) is 5.41 Å². The first kappa shape index (κ1) is 28.3. The fraction of sp³-hybridized carbons (Fsp3) is 0.0638. The molecule has 1 nitrogen and oxygen atoms in total. The Morgan fingerprint density at radius 2 is 0.896 bits per heavy atom. The van der Waals surface area contributed by atoms with E-state index in [1.54, 1.807) is 0 Å². The molecule has 8 aromatic rings. The Labute approximate surface area is 282 Å². The summed E-state index contributed by atoms with van der Waals surface area (Å²) < 4.78 is 0. The molecular formula is C47H35N. The summed E-state index contributed by atoms with van der Waals surface area (Å²) in [7, 11) is 0. The topological polar surface area (TPSA) is 12.0 Å². The Morgan fingerprint density at radius 3 is 1.69 bits per heavy atom. The molecule has 0 aliphatic heterocycles. The van der Waals surface area contributed by atoms with Crippen molar-refractivity contribution in [3.05, 3.63) is 181 Å². The van der Waals surface area contributed by atoms with Gasteiger partial charge in [-0.05, 0) is 108 Å². The fourth-order valence-corrected chi connectivity index (χ4v) is 7.83. The minimum absolute atomic E-state index is 0.0264. The van der Waals surface area contributed by atoms with Gasteiger partial charge in [-0.1, -0.05) is 153 Å². The first-order chi connectivity index (χ1) is 23.5. The standard InChI is InChI=1S/C47H35N/c1-47(2)45-22-6-5-16-43(45)44-28-25-34(30-46(44)47)40-19-10-20-41-39(18-9-21-42(40)41)33-13-7-14-36(29-33)48-35-26-23-32(24-27-35)38-17-8-12-31-11-3-4-15-37(31)38/h3-30,48H,1-2H3. The minimum atomic E-state index is -0.0264. The maximum atomic E-state index is 3.65. The van der Waals surface area contributed by atoms with Crippen molar-refractivity contribution < 1.29 is 0 Å². The van der Waals surface area contributed by atoms with E-state index in [9.17, 15) is 0 Å². The van der Waals surface area contributed by atoms with Crippen LogP contribution in [0.15, 0.2) is 170 Å². The van der Waals surface area contributed by atoms with Crippen LogP contribution in [0.2, 0.25) is 0 Å². The van der Waals surface area contributed by atoms with Gasteiger partial charge in [0, 0.05) is 16.8 Å². The second-order valence-corrected chi connectivity index (χ2v) is 13.4. The molecule has 0 fully saturated rings. The second-order valence-electron chi connectivity index (χ2n) is 13.4. The highest BCUT2D eigenvalue weighted by Crippen LogP contribution is 2.50. The average molecular weight is 614 g/mol. The van der Waals surface area contributed by atoms with Crippen LogP contribution in [0.3, 0.4) is 0 Å². The van der Waals surface area contributed by atoms with Crippen LogP contribution < -0.4 is 5.32 Å². The highest BCUT2D eigenvalue weighted by atomic mass is 14.9. The summed E-state index contributed by atoms with van der Waals surface area (Å²) in [4.78, 5) is 0. The van der Waals surface area contributed by atoms with E-state index in [0.717, 1.165) is 11.4 Å². The van der Waals surface area contributed by atoms with E-state index in [1.807, 2.05) is 0 Å². The van der Waals surface area contributed by atoms with Gasteiger partial charge in [-0.25, -0.2) is 0 Å². The Hall–Kier alpha value is -5.92. The van der Waals surface area contributed by atoms with Crippen molar-refractivity contribution in [2.75, 3.05) is 5.32 Å². The predicted octanol–water partition coefficient (Wildman–Crippen LogP) is 13.0. The third-order valence-electron chi connectivity index (χ3n) is 10.3. The van der Waals surface area contributed by atoms with Crippen LogP contribution in [-0.2, 0) is 5.41 Å². The van der Waals surface area contributed by atoms with Gasteiger partial charge in [-0.15, -0.1) is 0 Å². The summed E-state index contributed by atoms with van der Waals surface area (Å²) in [6.07, 6.45) is 0. The van der Waals surface area contributed by atoms with Crippen molar-refractivity contribution in [1.29, 1.82) is 0 Å². The van der Waals surface area contributed by atoms with Crippen LogP contribution in [0.25, 0.3) is 66.1 Å². The quantitative estimate of drug-likeness (QED) is 0.204. The van der Waals surface area contributed by atoms with Crippen molar-refractivity contribution in [2.45, 2.75) is 19.3 Å². The molecule has 0 saturated carbocycles. The number of nitrogens with one attached hydrogen (secondary N) is 1. The maximum Gasteiger partial charge on any atom is 0.0390 e. The Bertz CT molecular complexity index is 2490. The van der Waals surface area contributed by atoms with E-state index in [0.29, 0.717) is 0 Å². The zero-order valence-electron chi connectivity index (χ0n) is 27.2. The summed E-state index contributed by atoms with van der Waals surface area (Å²) in [5, 5.41) is 8.72. The van der Waals surface area contributed by atoms with Gasteiger partial charge >= 0.3 is 0 Å². The van der Waals surface area contributed by atoms with Crippen molar-refractivity contribution in [3.63, 3.8) is 0 Å². The minimum Gasteiger partial charge on any atom is -0.356 e. The van der Waals surface area contributed by atoms with Crippen LogP contribution in [0.4, 0.5) is 11.4 Å². The first-order valence-electron chi connectivity index (χ1n) is 16.8.